The number of phenols is 1. The van der Waals surface area contributed by atoms with Gasteiger partial charge in [-0.25, -0.2) is 4.79 Å². The summed E-state index contributed by atoms with van der Waals surface area (Å²) in [6.45, 7) is 6.21. The smallest absolute Gasteiger partial charge is 0.507 e. The molecular weight excluding hydrogens is 376 g/mol. The number of ether oxygens (including phenoxy) is 2. The highest BCUT2D eigenvalue weighted by molar-refractivity contribution is 6.00. The van der Waals surface area contributed by atoms with Crippen LogP contribution in [0.4, 0.5) is 4.79 Å². The van der Waals surface area contributed by atoms with Crippen LogP contribution in [0.15, 0.2) is 42.5 Å². The van der Waals surface area contributed by atoms with Gasteiger partial charge in [0.05, 0.1) is 0 Å². The summed E-state index contributed by atoms with van der Waals surface area (Å²) in [6, 6.07) is 13.3. The molecule has 0 radical (unpaired) electrons. The van der Waals surface area contributed by atoms with Gasteiger partial charge in [-0.1, -0.05) is 50.2 Å². The van der Waals surface area contributed by atoms with Crippen molar-refractivity contribution in [2.24, 2.45) is 5.92 Å². The van der Waals surface area contributed by atoms with Gasteiger partial charge in [0, 0.05) is 21.9 Å². The summed E-state index contributed by atoms with van der Waals surface area (Å²) in [5, 5.41) is 12.8. The molecule has 1 fully saturated rings. The summed E-state index contributed by atoms with van der Waals surface area (Å²) >= 11 is 0. The second kappa shape index (κ2) is 7.05. The van der Waals surface area contributed by atoms with Crippen LogP contribution in [0.1, 0.15) is 60.8 Å². The van der Waals surface area contributed by atoms with Crippen LogP contribution in [-0.2, 0) is 6.42 Å². The predicted molar refractivity (Wildman–Crippen MR) is 117 cm³/mol. The summed E-state index contributed by atoms with van der Waals surface area (Å²) < 4.78 is 11.5. The summed E-state index contributed by atoms with van der Waals surface area (Å²) in [6.07, 6.45) is 2.11. The van der Waals surface area contributed by atoms with Crippen molar-refractivity contribution in [1.82, 2.24) is 0 Å². The summed E-state index contributed by atoms with van der Waals surface area (Å²) in [5.41, 5.74) is 3.90. The summed E-state index contributed by atoms with van der Waals surface area (Å²) in [4.78, 5) is 12.8. The van der Waals surface area contributed by atoms with Crippen molar-refractivity contribution in [3.63, 3.8) is 0 Å². The van der Waals surface area contributed by atoms with Gasteiger partial charge in [0.2, 0.25) is 0 Å². The highest BCUT2D eigenvalue weighted by Gasteiger charge is 2.46. The number of phenolic OH excluding ortho intramolecular Hbond substituents is 1. The molecule has 154 valence electrons. The Labute approximate surface area is 176 Å². The molecule has 0 spiro atoms. The fourth-order valence-corrected chi connectivity index (χ4v) is 5.53. The van der Waals surface area contributed by atoms with Gasteiger partial charge in [0.25, 0.3) is 0 Å². The zero-order valence-corrected chi connectivity index (χ0v) is 17.6. The zero-order chi connectivity index (χ0) is 21.0. The van der Waals surface area contributed by atoms with E-state index in [1.54, 1.807) is 6.07 Å². The Morgan fingerprint density at radius 3 is 2.63 bits per heavy atom. The topological polar surface area (TPSA) is 55.8 Å². The highest BCUT2D eigenvalue weighted by Crippen LogP contribution is 2.63. The molecular formula is C26H26O4. The Hall–Kier alpha value is -3.01. The number of hydrogen-bond acceptors (Lipinski definition) is 4. The lowest BCUT2D eigenvalue weighted by Gasteiger charge is -2.26. The van der Waals surface area contributed by atoms with Gasteiger partial charge in [0.1, 0.15) is 17.2 Å². The first-order chi connectivity index (χ1) is 14.5. The van der Waals surface area contributed by atoms with Crippen LogP contribution in [0, 0.1) is 12.8 Å². The average molecular weight is 402 g/mol. The monoisotopic (exact) mass is 402 g/mol. The van der Waals surface area contributed by atoms with Gasteiger partial charge in [-0.05, 0) is 61.1 Å². The lowest BCUT2D eigenvalue weighted by Crippen LogP contribution is -2.17. The van der Waals surface area contributed by atoms with Gasteiger partial charge in [0.15, 0.2) is 0 Å². The summed E-state index contributed by atoms with van der Waals surface area (Å²) in [7, 11) is 0. The van der Waals surface area contributed by atoms with Gasteiger partial charge in [-0.15, -0.1) is 0 Å². The first-order valence-electron chi connectivity index (χ1n) is 10.7. The standard InChI is InChI=1S/C26H26O4/c1-4-16-9-7-10-18-21(16)25(30-26(28)29-20-11-6-5-8-14(20)2)22-17-12-15(3)19(13-17)23(22)24(18)27/h5-11,15,17,19,27H,4,12-13H2,1-3H3. The zero-order valence-electron chi connectivity index (χ0n) is 17.6. The molecule has 4 heteroatoms. The van der Waals surface area contributed by atoms with E-state index in [-0.39, 0.29) is 0 Å². The van der Waals surface area contributed by atoms with Gasteiger partial charge in [-0.3, -0.25) is 0 Å². The molecule has 0 heterocycles. The van der Waals surface area contributed by atoms with Crippen LogP contribution in [0.3, 0.4) is 0 Å². The Kier molecular flexibility index (Phi) is 4.46. The fraction of sp³-hybridized carbons (Fsp3) is 0.346. The number of aryl methyl sites for hydroxylation is 2. The van der Waals surface area contributed by atoms with Crippen molar-refractivity contribution in [2.45, 2.75) is 51.9 Å². The SMILES string of the molecule is CCc1cccc2c(O)c3c(c(OC(=O)Oc4ccccc4C)c12)C1CC(C)C3C1. The number of fused-ring (bicyclic) bond motifs is 6. The third-order valence-electron chi connectivity index (χ3n) is 6.94. The molecule has 5 rings (SSSR count). The number of carbonyl (C=O) groups excluding carboxylic acids is 1. The quantitative estimate of drug-likeness (QED) is 0.396. The molecule has 3 aromatic rings. The minimum Gasteiger partial charge on any atom is -0.507 e. The maximum absolute atomic E-state index is 12.8. The minimum atomic E-state index is -0.736. The van der Waals surface area contributed by atoms with Crippen molar-refractivity contribution in [3.05, 3.63) is 64.7 Å². The Morgan fingerprint density at radius 2 is 1.87 bits per heavy atom. The lowest BCUT2D eigenvalue weighted by atomic mass is 9.81. The van der Waals surface area contributed by atoms with Crippen molar-refractivity contribution < 1.29 is 19.4 Å². The second-order valence-electron chi connectivity index (χ2n) is 8.67. The van der Waals surface area contributed by atoms with Crippen LogP contribution in [0.5, 0.6) is 17.2 Å². The Bertz CT molecular complexity index is 1160. The molecule has 30 heavy (non-hydrogen) atoms. The predicted octanol–water partition coefficient (Wildman–Crippen LogP) is 6.60. The second-order valence-corrected chi connectivity index (χ2v) is 8.67. The normalized spacial score (nSPS) is 21.6. The number of rotatable bonds is 3. The first kappa shape index (κ1) is 19.0. The molecule has 4 nitrogen and oxygen atoms in total. The van der Waals surface area contributed by atoms with Crippen molar-refractivity contribution in [3.8, 4) is 17.2 Å². The maximum atomic E-state index is 12.8. The fourth-order valence-electron chi connectivity index (χ4n) is 5.53. The number of hydrogen-bond donors (Lipinski definition) is 1. The largest absolute Gasteiger partial charge is 0.519 e. The molecule has 0 aromatic heterocycles. The minimum absolute atomic E-state index is 0.307. The van der Waals surface area contributed by atoms with Gasteiger partial charge in [-0.2, -0.15) is 0 Å². The molecule has 2 aliphatic carbocycles. The third kappa shape index (κ3) is 2.78. The molecule has 0 amide bonds. The first-order valence-corrected chi connectivity index (χ1v) is 10.7. The molecule has 3 atom stereocenters. The summed E-state index contributed by atoms with van der Waals surface area (Å²) in [5.74, 6) is 2.57. The molecule has 0 aliphatic heterocycles. The average Bonchev–Trinajstić information content (AvgIpc) is 3.30. The molecule has 3 aromatic carbocycles. The van der Waals surface area contributed by atoms with E-state index in [0.29, 0.717) is 35.0 Å². The Balaban J connectivity index is 1.66. The number of para-hydroxylation sites is 1. The van der Waals surface area contributed by atoms with E-state index >= 15 is 0 Å². The van der Waals surface area contributed by atoms with Crippen molar-refractivity contribution >= 4 is 16.9 Å². The van der Waals surface area contributed by atoms with E-state index in [2.05, 4.69) is 13.8 Å². The van der Waals surface area contributed by atoms with Crippen molar-refractivity contribution in [2.75, 3.05) is 0 Å². The third-order valence-corrected chi connectivity index (χ3v) is 6.94. The van der Waals surface area contributed by atoms with Gasteiger partial charge >= 0.3 is 6.16 Å². The number of aromatic hydroxyl groups is 1. The Morgan fingerprint density at radius 1 is 1.07 bits per heavy atom. The molecule has 3 unspecified atom stereocenters. The number of benzene rings is 3. The van der Waals surface area contributed by atoms with E-state index < -0.39 is 6.16 Å². The molecule has 2 bridgehead atoms. The highest BCUT2D eigenvalue weighted by atomic mass is 16.7. The van der Waals surface area contributed by atoms with Gasteiger partial charge < -0.3 is 14.6 Å². The van der Waals surface area contributed by atoms with Crippen LogP contribution in [-0.4, -0.2) is 11.3 Å². The maximum Gasteiger partial charge on any atom is 0.519 e. The van der Waals surface area contributed by atoms with Crippen LogP contribution < -0.4 is 9.47 Å². The van der Waals surface area contributed by atoms with Crippen LogP contribution in [0.2, 0.25) is 0 Å². The van der Waals surface area contributed by atoms with Crippen molar-refractivity contribution in [1.29, 1.82) is 0 Å². The lowest BCUT2D eigenvalue weighted by molar-refractivity contribution is 0.151. The van der Waals surface area contributed by atoms with E-state index in [9.17, 15) is 9.90 Å². The van der Waals surface area contributed by atoms with E-state index in [4.69, 9.17) is 9.47 Å². The van der Waals surface area contributed by atoms with E-state index in [1.807, 2.05) is 43.3 Å². The van der Waals surface area contributed by atoms with E-state index in [0.717, 1.165) is 52.3 Å². The van der Waals surface area contributed by atoms with E-state index in [1.165, 1.54) is 0 Å². The van der Waals surface area contributed by atoms with Crippen LogP contribution in [0.25, 0.3) is 10.8 Å². The molecule has 0 saturated heterocycles. The molecule has 2 aliphatic rings. The molecule has 1 saturated carbocycles. The van der Waals surface area contributed by atoms with Crippen LogP contribution >= 0.6 is 0 Å². The molecule has 1 N–H and O–H groups in total. The number of carbonyl (C=O) groups is 1.